The van der Waals surface area contributed by atoms with E-state index in [9.17, 15) is 4.79 Å². The summed E-state index contributed by atoms with van der Waals surface area (Å²) in [6, 6.07) is 19.5. The van der Waals surface area contributed by atoms with Crippen LogP contribution in [0.1, 0.15) is 11.5 Å². The van der Waals surface area contributed by atoms with Gasteiger partial charge in [-0.1, -0.05) is 23.7 Å². The lowest BCUT2D eigenvalue weighted by molar-refractivity contribution is -0.115. The van der Waals surface area contributed by atoms with Crippen LogP contribution in [-0.2, 0) is 17.8 Å². The molecule has 0 spiro atoms. The molecule has 1 amide bonds. The number of benzene rings is 3. The average Bonchev–Trinajstić information content (AvgIpc) is 3.32. The highest BCUT2D eigenvalue weighted by molar-refractivity contribution is 6.30. The Kier molecular flexibility index (Phi) is 7.29. The fourth-order valence-corrected chi connectivity index (χ4v) is 3.34. The zero-order valence-corrected chi connectivity index (χ0v) is 19.3. The lowest BCUT2D eigenvalue weighted by atomic mass is 10.1. The Balaban J connectivity index is 1.34. The van der Waals surface area contributed by atoms with E-state index in [4.69, 9.17) is 30.2 Å². The van der Waals surface area contributed by atoms with Crippen molar-refractivity contribution in [2.75, 3.05) is 19.5 Å². The molecule has 0 radical (unpaired) electrons. The van der Waals surface area contributed by atoms with Crippen LogP contribution in [0.2, 0.25) is 5.02 Å². The smallest absolute Gasteiger partial charge is 0.254 e. The summed E-state index contributed by atoms with van der Waals surface area (Å²) in [7, 11) is 3.12. The Bertz CT molecular complexity index is 1270. The largest absolute Gasteiger partial charge is 0.493 e. The molecule has 34 heavy (non-hydrogen) atoms. The second kappa shape index (κ2) is 10.7. The molecule has 0 aliphatic carbocycles. The number of aromatic nitrogens is 2. The number of carbonyl (C=O) groups is 1. The molecule has 0 saturated carbocycles. The van der Waals surface area contributed by atoms with Gasteiger partial charge in [0.2, 0.25) is 11.8 Å². The predicted octanol–water partition coefficient (Wildman–Crippen LogP) is 5.17. The van der Waals surface area contributed by atoms with Crippen LogP contribution < -0.4 is 19.5 Å². The Labute approximate surface area is 201 Å². The van der Waals surface area contributed by atoms with Crippen molar-refractivity contribution in [3.8, 4) is 28.7 Å². The van der Waals surface area contributed by atoms with Gasteiger partial charge in [0.15, 0.2) is 18.1 Å². The highest BCUT2D eigenvalue weighted by Crippen LogP contribution is 2.28. The molecule has 1 aromatic heterocycles. The molecule has 0 aliphatic rings. The van der Waals surface area contributed by atoms with Crippen LogP contribution in [-0.4, -0.2) is 30.3 Å². The van der Waals surface area contributed by atoms with Crippen LogP contribution >= 0.6 is 11.6 Å². The molecular weight excluding hydrogens is 458 g/mol. The van der Waals surface area contributed by atoms with Gasteiger partial charge in [0.05, 0.1) is 20.6 Å². The lowest BCUT2D eigenvalue weighted by Gasteiger charge is -2.10. The zero-order valence-electron chi connectivity index (χ0n) is 18.6. The topological polar surface area (TPSA) is 95.7 Å². The van der Waals surface area contributed by atoms with Crippen molar-refractivity contribution in [1.82, 2.24) is 10.2 Å². The number of amides is 1. The number of hydrogen-bond donors (Lipinski definition) is 1. The Morgan fingerprint density at radius 3 is 2.53 bits per heavy atom. The average molecular weight is 480 g/mol. The highest BCUT2D eigenvalue weighted by Gasteiger charge is 2.11. The molecule has 1 N–H and O–H groups in total. The van der Waals surface area contributed by atoms with E-state index in [1.807, 2.05) is 6.07 Å². The minimum absolute atomic E-state index is 0.0869. The van der Waals surface area contributed by atoms with Crippen molar-refractivity contribution in [3.63, 3.8) is 0 Å². The summed E-state index contributed by atoms with van der Waals surface area (Å²) in [6.07, 6.45) is 0.181. The van der Waals surface area contributed by atoms with Crippen LogP contribution in [0.3, 0.4) is 0 Å². The number of rotatable bonds is 9. The van der Waals surface area contributed by atoms with Crippen molar-refractivity contribution in [2.45, 2.75) is 13.0 Å². The first-order valence-corrected chi connectivity index (χ1v) is 10.7. The van der Waals surface area contributed by atoms with Crippen LogP contribution in [0.5, 0.6) is 17.2 Å². The molecule has 0 atom stereocenters. The van der Waals surface area contributed by atoms with Crippen LogP contribution in [0.4, 0.5) is 5.69 Å². The molecule has 0 aliphatic heterocycles. The fraction of sp³-hybridized carbons (Fsp3) is 0.160. The summed E-state index contributed by atoms with van der Waals surface area (Å²) in [6.45, 7) is 0.0869. The molecule has 174 valence electrons. The lowest BCUT2D eigenvalue weighted by Crippen LogP contribution is -2.14. The van der Waals surface area contributed by atoms with Crippen molar-refractivity contribution in [2.24, 2.45) is 0 Å². The standard InChI is InChI=1S/C25H22ClN3O5/c1-31-21-11-6-16(12-22(21)32-2)13-23(30)27-19-4-3-5-20(14-19)33-15-24-28-29-25(34-24)17-7-9-18(26)10-8-17/h3-12,14H,13,15H2,1-2H3,(H,27,30). The van der Waals surface area contributed by atoms with Gasteiger partial charge in [0.1, 0.15) is 5.75 Å². The van der Waals surface area contributed by atoms with Gasteiger partial charge >= 0.3 is 0 Å². The summed E-state index contributed by atoms with van der Waals surface area (Å²) in [5.41, 5.74) is 2.17. The number of carbonyl (C=O) groups excluding carboxylic acids is 1. The quantitative estimate of drug-likeness (QED) is 0.354. The second-order valence-electron chi connectivity index (χ2n) is 7.24. The van der Waals surface area contributed by atoms with Crippen molar-refractivity contribution in [3.05, 3.63) is 83.2 Å². The molecule has 0 bridgehead atoms. The van der Waals surface area contributed by atoms with Crippen LogP contribution in [0.15, 0.2) is 71.1 Å². The van der Waals surface area contributed by atoms with Gasteiger partial charge in [-0.15, -0.1) is 10.2 Å². The van der Waals surface area contributed by atoms with E-state index in [2.05, 4.69) is 15.5 Å². The first kappa shape index (κ1) is 23.1. The minimum atomic E-state index is -0.172. The van der Waals surface area contributed by atoms with Gasteiger partial charge < -0.3 is 23.9 Å². The first-order chi connectivity index (χ1) is 16.5. The Morgan fingerprint density at radius 2 is 1.76 bits per heavy atom. The molecule has 0 unspecified atom stereocenters. The molecule has 3 aromatic carbocycles. The predicted molar refractivity (Wildman–Crippen MR) is 127 cm³/mol. The van der Waals surface area contributed by atoms with Crippen molar-refractivity contribution < 1.29 is 23.4 Å². The van der Waals surface area contributed by atoms with E-state index in [-0.39, 0.29) is 18.9 Å². The number of methoxy groups -OCH3 is 2. The molecule has 4 rings (SSSR count). The molecule has 9 heteroatoms. The zero-order chi connectivity index (χ0) is 23.9. The van der Waals surface area contributed by atoms with E-state index in [1.54, 1.807) is 74.9 Å². The van der Waals surface area contributed by atoms with Gasteiger partial charge in [0.25, 0.3) is 5.89 Å². The summed E-state index contributed by atoms with van der Waals surface area (Å²) >= 11 is 5.91. The SMILES string of the molecule is COc1ccc(CC(=O)Nc2cccc(OCc3nnc(-c4ccc(Cl)cc4)o3)c2)cc1OC. The van der Waals surface area contributed by atoms with E-state index >= 15 is 0 Å². The van der Waals surface area contributed by atoms with Gasteiger partial charge in [-0.2, -0.15) is 0 Å². The van der Waals surface area contributed by atoms with Gasteiger partial charge in [-0.05, 0) is 54.1 Å². The van der Waals surface area contributed by atoms with Crippen molar-refractivity contribution in [1.29, 1.82) is 0 Å². The number of ether oxygens (including phenoxy) is 3. The van der Waals surface area contributed by atoms with Crippen molar-refractivity contribution >= 4 is 23.2 Å². The van der Waals surface area contributed by atoms with E-state index in [0.29, 0.717) is 39.7 Å². The van der Waals surface area contributed by atoms with Gasteiger partial charge in [-0.25, -0.2) is 0 Å². The molecule has 4 aromatic rings. The maximum absolute atomic E-state index is 12.5. The monoisotopic (exact) mass is 479 g/mol. The Hall–Kier alpha value is -4.04. The third-order valence-corrected chi connectivity index (χ3v) is 5.10. The number of hydrogen-bond acceptors (Lipinski definition) is 7. The number of nitrogens with zero attached hydrogens (tertiary/aromatic N) is 2. The fourth-order valence-electron chi connectivity index (χ4n) is 3.21. The maximum Gasteiger partial charge on any atom is 0.254 e. The molecule has 0 saturated heterocycles. The summed E-state index contributed by atoms with van der Waals surface area (Å²) < 4.78 is 21.9. The molecule has 0 fully saturated rings. The third kappa shape index (κ3) is 5.85. The Morgan fingerprint density at radius 1 is 0.971 bits per heavy atom. The molecule has 8 nitrogen and oxygen atoms in total. The number of nitrogens with one attached hydrogen (secondary N) is 1. The number of anilines is 1. The summed E-state index contributed by atoms with van der Waals surface area (Å²) in [5.74, 6) is 2.27. The first-order valence-electron chi connectivity index (χ1n) is 10.4. The summed E-state index contributed by atoms with van der Waals surface area (Å²) in [5, 5.41) is 11.5. The molecular formula is C25H22ClN3O5. The normalized spacial score (nSPS) is 10.6. The highest BCUT2D eigenvalue weighted by atomic mass is 35.5. The van der Waals surface area contributed by atoms with Crippen LogP contribution in [0, 0.1) is 0 Å². The van der Waals surface area contributed by atoms with E-state index in [1.165, 1.54) is 0 Å². The van der Waals surface area contributed by atoms with E-state index < -0.39 is 0 Å². The van der Waals surface area contributed by atoms with Gasteiger partial charge in [-0.3, -0.25) is 4.79 Å². The molecule has 1 heterocycles. The third-order valence-electron chi connectivity index (χ3n) is 4.85. The maximum atomic E-state index is 12.5. The van der Waals surface area contributed by atoms with Crippen LogP contribution in [0.25, 0.3) is 11.5 Å². The number of halogens is 1. The minimum Gasteiger partial charge on any atom is -0.493 e. The van der Waals surface area contributed by atoms with E-state index in [0.717, 1.165) is 11.1 Å². The van der Waals surface area contributed by atoms with Gasteiger partial charge in [0, 0.05) is 22.3 Å². The summed E-state index contributed by atoms with van der Waals surface area (Å²) in [4.78, 5) is 12.5. The second-order valence-corrected chi connectivity index (χ2v) is 7.68.